The topological polar surface area (TPSA) is 65.5 Å². The number of anilines is 1. The van der Waals surface area contributed by atoms with Crippen LogP contribution in [0.3, 0.4) is 0 Å². The van der Waals surface area contributed by atoms with Crippen molar-refractivity contribution in [1.82, 2.24) is 14.6 Å². The molecule has 0 saturated carbocycles. The minimum Gasteiger partial charge on any atom is -0.368 e. The maximum Gasteiger partial charge on any atom is 0.246 e. The molecule has 3 rings (SSSR count). The molecule has 20 heavy (non-hydrogen) atoms. The van der Waals surface area contributed by atoms with Crippen LogP contribution in [0, 0.1) is 0 Å². The minimum absolute atomic E-state index is 0.351. The highest BCUT2D eigenvalue weighted by molar-refractivity contribution is 7.89. The van der Waals surface area contributed by atoms with Crippen molar-refractivity contribution in [3.8, 4) is 0 Å². The van der Waals surface area contributed by atoms with E-state index in [9.17, 15) is 8.42 Å². The Morgan fingerprint density at radius 3 is 2.50 bits per heavy atom. The molecule has 2 aliphatic heterocycles. The van der Waals surface area contributed by atoms with Gasteiger partial charge in [0.2, 0.25) is 10.0 Å². The van der Waals surface area contributed by atoms with E-state index in [1.54, 1.807) is 10.5 Å². The van der Waals surface area contributed by atoms with Gasteiger partial charge in [0.15, 0.2) is 0 Å². The Morgan fingerprint density at radius 1 is 1.10 bits per heavy atom. The van der Waals surface area contributed by atoms with E-state index in [1.165, 1.54) is 6.20 Å². The molecule has 0 radical (unpaired) electrons. The maximum atomic E-state index is 12.7. The molecular formula is C13H20N4O2S. The summed E-state index contributed by atoms with van der Waals surface area (Å²) in [5, 5.41) is 3.28. The van der Waals surface area contributed by atoms with Crippen LogP contribution in [0.5, 0.6) is 0 Å². The van der Waals surface area contributed by atoms with E-state index >= 15 is 0 Å². The summed E-state index contributed by atoms with van der Waals surface area (Å²) in [4.78, 5) is 6.51. The fraction of sp³-hybridized carbons (Fsp3) is 0.615. The van der Waals surface area contributed by atoms with E-state index in [1.807, 2.05) is 6.07 Å². The molecular weight excluding hydrogens is 276 g/mol. The van der Waals surface area contributed by atoms with Crippen LogP contribution in [0.15, 0.2) is 23.4 Å². The zero-order valence-electron chi connectivity index (χ0n) is 11.5. The first-order chi connectivity index (χ1) is 9.69. The van der Waals surface area contributed by atoms with Crippen LogP contribution in [-0.4, -0.2) is 57.0 Å². The largest absolute Gasteiger partial charge is 0.368 e. The molecule has 0 atom stereocenters. The molecule has 3 heterocycles. The predicted octanol–water partition coefficient (Wildman–Crippen LogP) is 0.276. The lowest BCUT2D eigenvalue weighted by Gasteiger charge is -2.31. The van der Waals surface area contributed by atoms with Crippen molar-refractivity contribution in [1.29, 1.82) is 0 Å². The monoisotopic (exact) mass is 296 g/mol. The standard InChI is InChI=1S/C13H20N4O2S/c18-20(19,17-7-1-2-8-17)13-11-15-4-3-12(13)16-9-5-14-6-10-16/h3-4,11,14H,1-2,5-10H2. The van der Waals surface area contributed by atoms with Gasteiger partial charge >= 0.3 is 0 Å². The van der Waals surface area contributed by atoms with Crippen LogP contribution >= 0.6 is 0 Å². The molecule has 1 aromatic rings. The average Bonchev–Trinajstić information content (AvgIpc) is 3.03. The highest BCUT2D eigenvalue weighted by Gasteiger charge is 2.31. The van der Waals surface area contributed by atoms with Gasteiger partial charge in [-0.2, -0.15) is 4.31 Å². The SMILES string of the molecule is O=S(=O)(c1cnccc1N1CCNCC1)N1CCCC1. The maximum absolute atomic E-state index is 12.7. The van der Waals surface area contributed by atoms with Crippen molar-refractivity contribution in [2.75, 3.05) is 44.2 Å². The van der Waals surface area contributed by atoms with Crippen molar-refractivity contribution in [2.45, 2.75) is 17.7 Å². The first-order valence-corrected chi connectivity index (χ1v) is 8.53. The second kappa shape index (κ2) is 5.67. The Labute approximate surface area is 119 Å². The highest BCUT2D eigenvalue weighted by Crippen LogP contribution is 2.29. The Balaban J connectivity index is 1.96. The zero-order chi connectivity index (χ0) is 14.0. The minimum atomic E-state index is -3.41. The smallest absolute Gasteiger partial charge is 0.246 e. The average molecular weight is 296 g/mol. The lowest BCUT2D eigenvalue weighted by Crippen LogP contribution is -2.44. The Morgan fingerprint density at radius 2 is 1.80 bits per heavy atom. The van der Waals surface area contributed by atoms with E-state index in [4.69, 9.17) is 0 Å². The first-order valence-electron chi connectivity index (χ1n) is 7.09. The molecule has 0 amide bonds. The molecule has 0 bridgehead atoms. The molecule has 0 aliphatic carbocycles. The summed E-state index contributed by atoms with van der Waals surface area (Å²) < 4.78 is 27.1. The van der Waals surface area contributed by atoms with E-state index in [2.05, 4.69) is 15.2 Å². The molecule has 2 saturated heterocycles. The van der Waals surface area contributed by atoms with E-state index in [0.717, 1.165) is 44.7 Å². The number of piperazine rings is 1. The Kier molecular flexibility index (Phi) is 3.91. The highest BCUT2D eigenvalue weighted by atomic mass is 32.2. The van der Waals surface area contributed by atoms with Gasteiger partial charge in [-0.15, -0.1) is 0 Å². The van der Waals surface area contributed by atoms with Gasteiger partial charge in [0.25, 0.3) is 0 Å². The summed E-state index contributed by atoms with van der Waals surface area (Å²) in [6, 6.07) is 1.81. The summed E-state index contributed by atoms with van der Waals surface area (Å²) in [7, 11) is -3.41. The third-order valence-electron chi connectivity index (χ3n) is 3.90. The molecule has 7 heteroatoms. The van der Waals surface area contributed by atoms with Crippen LogP contribution in [0.1, 0.15) is 12.8 Å². The summed E-state index contributed by atoms with van der Waals surface area (Å²) in [6.45, 7) is 4.66. The van der Waals surface area contributed by atoms with Crippen molar-refractivity contribution in [3.05, 3.63) is 18.5 Å². The number of hydrogen-bond donors (Lipinski definition) is 1. The first kappa shape index (κ1) is 13.8. The predicted molar refractivity (Wildman–Crippen MR) is 77.3 cm³/mol. The number of nitrogens with one attached hydrogen (secondary N) is 1. The summed E-state index contributed by atoms with van der Waals surface area (Å²) in [5.41, 5.74) is 0.786. The van der Waals surface area contributed by atoms with Gasteiger partial charge in [-0.3, -0.25) is 4.98 Å². The Hall–Kier alpha value is -1.18. The van der Waals surface area contributed by atoms with E-state index < -0.39 is 10.0 Å². The van der Waals surface area contributed by atoms with E-state index in [0.29, 0.717) is 18.0 Å². The van der Waals surface area contributed by atoms with Gasteiger partial charge < -0.3 is 10.2 Å². The van der Waals surface area contributed by atoms with Gasteiger partial charge in [0, 0.05) is 51.7 Å². The molecule has 0 aromatic carbocycles. The lowest BCUT2D eigenvalue weighted by atomic mass is 10.3. The second-order valence-corrected chi connectivity index (χ2v) is 7.10. The van der Waals surface area contributed by atoms with Crippen LogP contribution in [0.4, 0.5) is 5.69 Å². The van der Waals surface area contributed by atoms with Crippen molar-refractivity contribution in [2.24, 2.45) is 0 Å². The third kappa shape index (κ3) is 2.53. The number of hydrogen-bond acceptors (Lipinski definition) is 5. The van der Waals surface area contributed by atoms with Gasteiger partial charge in [-0.25, -0.2) is 8.42 Å². The van der Waals surface area contributed by atoms with Crippen LogP contribution in [0.25, 0.3) is 0 Å². The zero-order valence-corrected chi connectivity index (χ0v) is 12.3. The van der Waals surface area contributed by atoms with Crippen LogP contribution < -0.4 is 10.2 Å². The molecule has 2 fully saturated rings. The fourth-order valence-electron chi connectivity index (χ4n) is 2.81. The quantitative estimate of drug-likeness (QED) is 0.868. The number of sulfonamides is 1. The molecule has 6 nitrogen and oxygen atoms in total. The van der Waals surface area contributed by atoms with Crippen molar-refractivity contribution >= 4 is 15.7 Å². The van der Waals surface area contributed by atoms with Gasteiger partial charge in [0.05, 0.1) is 5.69 Å². The summed E-state index contributed by atoms with van der Waals surface area (Å²) in [5.74, 6) is 0. The second-order valence-electron chi connectivity index (χ2n) is 5.19. The number of nitrogens with zero attached hydrogens (tertiary/aromatic N) is 3. The number of aromatic nitrogens is 1. The van der Waals surface area contributed by atoms with Crippen LogP contribution in [-0.2, 0) is 10.0 Å². The number of rotatable bonds is 3. The summed E-state index contributed by atoms with van der Waals surface area (Å²) in [6.07, 6.45) is 5.05. The molecule has 2 aliphatic rings. The van der Waals surface area contributed by atoms with Crippen molar-refractivity contribution in [3.63, 3.8) is 0 Å². The van der Waals surface area contributed by atoms with Gasteiger partial charge in [-0.05, 0) is 18.9 Å². The normalized spacial score (nSPS) is 21.3. The molecule has 110 valence electrons. The Bertz CT molecular complexity index is 563. The molecule has 1 N–H and O–H groups in total. The van der Waals surface area contributed by atoms with Gasteiger partial charge in [-0.1, -0.05) is 0 Å². The lowest BCUT2D eigenvalue weighted by molar-refractivity contribution is 0.476. The van der Waals surface area contributed by atoms with Gasteiger partial charge in [0.1, 0.15) is 4.90 Å². The molecule has 1 aromatic heterocycles. The molecule has 0 spiro atoms. The van der Waals surface area contributed by atoms with Crippen LogP contribution in [0.2, 0.25) is 0 Å². The number of pyridine rings is 1. The molecule has 0 unspecified atom stereocenters. The fourth-order valence-corrected chi connectivity index (χ4v) is 4.48. The van der Waals surface area contributed by atoms with E-state index in [-0.39, 0.29) is 0 Å². The third-order valence-corrected chi connectivity index (χ3v) is 5.82. The summed E-state index contributed by atoms with van der Waals surface area (Å²) >= 11 is 0. The van der Waals surface area contributed by atoms with Crippen molar-refractivity contribution < 1.29 is 8.42 Å².